The van der Waals surface area contributed by atoms with E-state index in [0.29, 0.717) is 30.9 Å². The Hall–Kier alpha value is -1.68. The van der Waals surface area contributed by atoms with Gasteiger partial charge in [-0.2, -0.15) is 17.5 Å². The van der Waals surface area contributed by atoms with E-state index in [9.17, 15) is 21.6 Å². The third-order valence-corrected chi connectivity index (χ3v) is 6.44. The van der Waals surface area contributed by atoms with Crippen LogP contribution in [0.4, 0.5) is 13.2 Å². The Labute approximate surface area is 160 Å². The van der Waals surface area contributed by atoms with E-state index < -0.39 is 21.8 Å². The van der Waals surface area contributed by atoms with Crippen LogP contribution in [0.25, 0.3) is 0 Å². The minimum absolute atomic E-state index is 0.208. The molecule has 27 heavy (non-hydrogen) atoms. The fourth-order valence-corrected chi connectivity index (χ4v) is 4.45. The molecule has 3 rings (SSSR count). The molecule has 0 unspecified atom stereocenters. The third-order valence-electron chi connectivity index (χ3n) is 4.33. The van der Waals surface area contributed by atoms with Crippen LogP contribution >= 0.6 is 11.6 Å². The van der Waals surface area contributed by atoms with Gasteiger partial charge >= 0.3 is 6.18 Å². The van der Waals surface area contributed by atoms with Gasteiger partial charge in [0, 0.05) is 38.9 Å². The zero-order valence-electron chi connectivity index (χ0n) is 14.2. The highest BCUT2D eigenvalue weighted by Crippen LogP contribution is 2.31. The molecular weight excluding hydrogens is 403 g/mol. The SMILES string of the molecule is O=S(=O)(c1cccc(C(F)(F)F)c1)N1CCN(Cc2ccc(Cl)nc2)CC1. The van der Waals surface area contributed by atoms with Gasteiger partial charge in [0.2, 0.25) is 10.0 Å². The number of aromatic nitrogens is 1. The van der Waals surface area contributed by atoms with Gasteiger partial charge in [-0.25, -0.2) is 13.4 Å². The first-order valence-corrected chi connectivity index (χ1v) is 9.98. The Morgan fingerprint density at radius 1 is 1.07 bits per heavy atom. The number of benzene rings is 1. The van der Waals surface area contributed by atoms with Crippen LogP contribution in [0.1, 0.15) is 11.1 Å². The van der Waals surface area contributed by atoms with E-state index >= 15 is 0 Å². The van der Waals surface area contributed by atoms with Crippen LogP contribution in [0.3, 0.4) is 0 Å². The highest BCUT2D eigenvalue weighted by molar-refractivity contribution is 7.89. The van der Waals surface area contributed by atoms with Crippen LogP contribution in [-0.4, -0.2) is 48.8 Å². The van der Waals surface area contributed by atoms with Crippen molar-refractivity contribution in [2.24, 2.45) is 0 Å². The maximum Gasteiger partial charge on any atom is 0.416 e. The van der Waals surface area contributed by atoms with Gasteiger partial charge in [-0.3, -0.25) is 4.90 Å². The Morgan fingerprint density at radius 3 is 2.37 bits per heavy atom. The number of halogens is 4. The van der Waals surface area contributed by atoms with Gasteiger partial charge < -0.3 is 0 Å². The van der Waals surface area contributed by atoms with E-state index in [4.69, 9.17) is 11.6 Å². The van der Waals surface area contributed by atoms with Crippen molar-refractivity contribution in [1.82, 2.24) is 14.2 Å². The van der Waals surface area contributed by atoms with E-state index in [-0.39, 0.29) is 18.0 Å². The van der Waals surface area contributed by atoms with Crippen LogP contribution in [0.5, 0.6) is 0 Å². The molecule has 1 aliphatic heterocycles. The lowest BCUT2D eigenvalue weighted by molar-refractivity contribution is -0.137. The van der Waals surface area contributed by atoms with Gasteiger partial charge in [-0.15, -0.1) is 0 Å². The first-order valence-electron chi connectivity index (χ1n) is 8.16. The van der Waals surface area contributed by atoms with Gasteiger partial charge in [-0.05, 0) is 29.8 Å². The zero-order valence-corrected chi connectivity index (χ0v) is 15.7. The maximum atomic E-state index is 12.9. The predicted octanol–water partition coefficient (Wildman–Crippen LogP) is 3.26. The number of piperazine rings is 1. The smallest absolute Gasteiger partial charge is 0.296 e. The fraction of sp³-hybridized carbons (Fsp3) is 0.353. The topological polar surface area (TPSA) is 53.5 Å². The summed E-state index contributed by atoms with van der Waals surface area (Å²) in [6.45, 7) is 1.96. The Balaban J connectivity index is 1.67. The van der Waals surface area contributed by atoms with Crippen LogP contribution in [0, 0.1) is 0 Å². The number of pyridine rings is 1. The minimum Gasteiger partial charge on any atom is -0.296 e. The highest BCUT2D eigenvalue weighted by atomic mass is 35.5. The summed E-state index contributed by atoms with van der Waals surface area (Å²) < 4.78 is 65.1. The number of alkyl halides is 3. The standard InChI is InChI=1S/C17H17ClF3N3O2S/c18-16-5-4-13(11-22-16)12-23-6-8-24(9-7-23)27(25,26)15-3-1-2-14(10-15)17(19,20)21/h1-5,10-11H,6-9,12H2. The Kier molecular flexibility index (Phi) is 5.76. The summed E-state index contributed by atoms with van der Waals surface area (Å²) in [6.07, 6.45) is -2.93. The first kappa shape index (κ1) is 20.1. The predicted molar refractivity (Wildman–Crippen MR) is 94.7 cm³/mol. The summed E-state index contributed by atoms with van der Waals surface area (Å²) in [4.78, 5) is 5.73. The van der Waals surface area contributed by atoms with Crippen LogP contribution < -0.4 is 0 Å². The van der Waals surface area contributed by atoms with E-state index in [1.54, 1.807) is 12.3 Å². The van der Waals surface area contributed by atoms with Gasteiger partial charge in [0.1, 0.15) is 5.15 Å². The molecule has 1 aromatic carbocycles. The number of hydrogen-bond donors (Lipinski definition) is 0. The molecule has 0 aliphatic carbocycles. The number of hydrogen-bond acceptors (Lipinski definition) is 4. The zero-order chi connectivity index (χ0) is 19.7. The second kappa shape index (κ2) is 7.75. The second-order valence-electron chi connectivity index (χ2n) is 6.19. The average Bonchev–Trinajstić information content (AvgIpc) is 2.63. The largest absolute Gasteiger partial charge is 0.416 e. The highest BCUT2D eigenvalue weighted by Gasteiger charge is 2.33. The molecule has 0 bridgehead atoms. The van der Waals surface area contributed by atoms with Crippen molar-refractivity contribution in [3.8, 4) is 0 Å². The Bertz CT molecular complexity index is 896. The van der Waals surface area contributed by atoms with E-state index in [1.807, 2.05) is 6.07 Å². The summed E-state index contributed by atoms with van der Waals surface area (Å²) in [5.41, 5.74) is -0.0222. The molecule has 0 saturated carbocycles. The van der Waals surface area contributed by atoms with Gasteiger partial charge in [0.05, 0.1) is 10.5 Å². The van der Waals surface area contributed by atoms with Gasteiger partial charge in [0.25, 0.3) is 0 Å². The van der Waals surface area contributed by atoms with Crippen molar-refractivity contribution < 1.29 is 21.6 Å². The van der Waals surface area contributed by atoms with Crippen molar-refractivity contribution in [3.05, 3.63) is 58.9 Å². The second-order valence-corrected chi connectivity index (χ2v) is 8.52. The van der Waals surface area contributed by atoms with Gasteiger partial charge in [0.15, 0.2) is 0 Å². The molecule has 0 amide bonds. The van der Waals surface area contributed by atoms with E-state index in [0.717, 1.165) is 17.7 Å². The minimum atomic E-state index is -4.59. The Morgan fingerprint density at radius 2 is 1.78 bits per heavy atom. The fourth-order valence-electron chi connectivity index (χ4n) is 2.87. The molecule has 1 fully saturated rings. The van der Waals surface area contributed by atoms with Gasteiger partial charge in [-0.1, -0.05) is 23.7 Å². The van der Waals surface area contributed by atoms with Crippen LogP contribution in [0.15, 0.2) is 47.5 Å². The monoisotopic (exact) mass is 419 g/mol. The molecule has 0 radical (unpaired) electrons. The molecule has 146 valence electrons. The molecule has 2 aromatic rings. The van der Waals surface area contributed by atoms with Crippen molar-refractivity contribution in [2.45, 2.75) is 17.6 Å². The molecule has 1 saturated heterocycles. The number of nitrogens with zero attached hydrogens (tertiary/aromatic N) is 3. The lowest BCUT2D eigenvalue weighted by Gasteiger charge is -2.34. The lowest BCUT2D eigenvalue weighted by Crippen LogP contribution is -2.48. The molecule has 10 heteroatoms. The van der Waals surface area contributed by atoms with E-state index in [1.165, 1.54) is 10.4 Å². The molecule has 0 atom stereocenters. The quantitative estimate of drug-likeness (QED) is 0.714. The summed E-state index contributed by atoms with van der Waals surface area (Å²) >= 11 is 5.75. The average molecular weight is 420 g/mol. The van der Waals surface area contributed by atoms with Crippen molar-refractivity contribution >= 4 is 21.6 Å². The first-order chi connectivity index (χ1) is 12.7. The molecule has 2 heterocycles. The number of sulfonamides is 1. The molecule has 1 aliphatic rings. The summed E-state index contributed by atoms with van der Waals surface area (Å²) in [5.74, 6) is 0. The van der Waals surface area contributed by atoms with Crippen molar-refractivity contribution in [1.29, 1.82) is 0 Å². The van der Waals surface area contributed by atoms with E-state index in [2.05, 4.69) is 9.88 Å². The van der Waals surface area contributed by atoms with Crippen molar-refractivity contribution in [2.75, 3.05) is 26.2 Å². The van der Waals surface area contributed by atoms with Crippen LogP contribution in [-0.2, 0) is 22.7 Å². The molecular formula is C17H17ClF3N3O2S. The molecule has 0 spiro atoms. The van der Waals surface area contributed by atoms with Crippen LogP contribution in [0.2, 0.25) is 5.15 Å². The molecule has 0 N–H and O–H groups in total. The lowest BCUT2D eigenvalue weighted by atomic mass is 10.2. The summed E-state index contributed by atoms with van der Waals surface area (Å²) in [6, 6.07) is 7.38. The maximum absolute atomic E-state index is 12.9. The third kappa shape index (κ3) is 4.78. The molecule has 5 nitrogen and oxygen atoms in total. The van der Waals surface area contributed by atoms with Crippen molar-refractivity contribution in [3.63, 3.8) is 0 Å². The number of rotatable bonds is 4. The summed E-state index contributed by atoms with van der Waals surface area (Å²) in [7, 11) is -3.97. The normalized spacial score (nSPS) is 17.2. The molecule has 1 aromatic heterocycles. The summed E-state index contributed by atoms with van der Waals surface area (Å²) in [5, 5.41) is 0.399.